The predicted molar refractivity (Wildman–Crippen MR) is 76.8 cm³/mol. The number of rotatable bonds is 4. The molecule has 1 N–H and O–H groups in total. The lowest BCUT2D eigenvalue weighted by atomic mass is 10.0. The molecule has 1 aromatic carbocycles. The minimum atomic E-state index is -0.673. The molecule has 0 aliphatic rings. The number of carbonyl (C=O) groups is 1. The van der Waals surface area contributed by atoms with Gasteiger partial charge in [-0.05, 0) is 34.5 Å². The van der Waals surface area contributed by atoms with Crippen LogP contribution in [-0.4, -0.2) is 5.91 Å². The van der Waals surface area contributed by atoms with Gasteiger partial charge in [0, 0.05) is 4.47 Å². The first-order chi connectivity index (χ1) is 8.51. The number of hydrogen-bond acceptors (Lipinski definition) is 2. The van der Waals surface area contributed by atoms with Crippen LogP contribution in [-0.2, 0) is 4.79 Å². The summed E-state index contributed by atoms with van der Waals surface area (Å²) in [4.78, 5) is 11.8. The topological polar surface area (TPSA) is 52.9 Å². The summed E-state index contributed by atoms with van der Waals surface area (Å²) in [5, 5.41) is 12.1. The Labute approximate surface area is 124 Å². The fraction of sp³-hybridized carbons (Fsp3) is 0.333. The quantitative estimate of drug-likeness (QED) is 0.805. The smallest absolute Gasteiger partial charge is 0.241 e. The zero-order valence-corrected chi connectivity index (χ0v) is 12.7. The van der Waals surface area contributed by atoms with Crippen LogP contribution in [0.1, 0.15) is 19.8 Å². The first kappa shape index (κ1) is 15.3. The monoisotopic (exact) mass is 348 g/mol. The average Bonchev–Trinajstić information content (AvgIpc) is 2.36. The van der Waals surface area contributed by atoms with Crippen LogP contribution in [0.15, 0.2) is 16.6 Å². The molecule has 0 aliphatic carbocycles. The lowest BCUT2D eigenvalue weighted by Crippen LogP contribution is -2.21. The maximum Gasteiger partial charge on any atom is 0.241 e. The van der Waals surface area contributed by atoms with E-state index in [1.54, 1.807) is 12.1 Å². The van der Waals surface area contributed by atoms with Crippen LogP contribution in [0.3, 0.4) is 0 Å². The SMILES string of the molecule is CCCC(C#N)C(=O)Nc1ccc(Br)c(Cl)c1Cl. The first-order valence-electron chi connectivity index (χ1n) is 5.35. The molecule has 0 saturated heterocycles. The van der Waals surface area contributed by atoms with Crippen molar-refractivity contribution in [2.75, 3.05) is 5.32 Å². The molecule has 0 fully saturated rings. The number of nitriles is 1. The third-order valence-corrected chi connectivity index (χ3v) is 4.11. The van der Waals surface area contributed by atoms with Crippen LogP contribution in [0.25, 0.3) is 0 Å². The highest BCUT2D eigenvalue weighted by molar-refractivity contribution is 9.10. The highest BCUT2D eigenvalue weighted by Crippen LogP contribution is 2.36. The third kappa shape index (κ3) is 3.61. The first-order valence-corrected chi connectivity index (χ1v) is 6.90. The molecule has 0 saturated carbocycles. The van der Waals surface area contributed by atoms with Crippen molar-refractivity contribution >= 4 is 50.7 Å². The van der Waals surface area contributed by atoms with E-state index < -0.39 is 5.92 Å². The summed E-state index contributed by atoms with van der Waals surface area (Å²) in [6.07, 6.45) is 1.28. The van der Waals surface area contributed by atoms with E-state index in [0.717, 1.165) is 6.42 Å². The van der Waals surface area contributed by atoms with Crippen molar-refractivity contribution in [3.8, 4) is 6.07 Å². The molecule has 1 amide bonds. The van der Waals surface area contributed by atoms with E-state index in [1.165, 1.54) is 0 Å². The number of nitrogens with zero attached hydrogens (tertiary/aromatic N) is 1. The van der Waals surface area contributed by atoms with Gasteiger partial charge in [0.2, 0.25) is 5.91 Å². The van der Waals surface area contributed by atoms with Crippen LogP contribution in [0.4, 0.5) is 5.69 Å². The minimum absolute atomic E-state index is 0.257. The molecular weight excluding hydrogens is 339 g/mol. The van der Waals surface area contributed by atoms with Crippen LogP contribution in [0, 0.1) is 17.2 Å². The Morgan fingerprint density at radius 2 is 2.17 bits per heavy atom. The lowest BCUT2D eigenvalue weighted by Gasteiger charge is -2.11. The number of halogens is 3. The van der Waals surface area contributed by atoms with E-state index in [2.05, 4.69) is 21.2 Å². The molecule has 0 heterocycles. The maximum atomic E-state index is 11.8. The second kappa shape index (κ2) is 6.98. The Morgan fingerprint density at radius 3 is 2.72 bits per heavy atom. The highest BCUT2D eigenvalue weighted by atomic mass is 79.9. The summed E-state index contributed by atoms with van der Waals surface area (Å²) >= 11 is 15.2. The third-order valence-electron chi connectivity index (χ3n) is 2.34. The molecule has 96 valence electrons. The number of benzene rings is 1. The molecule has 0 spiro atoms. The number of nitrogens with one attached hydrogen (secondary N) is 1. The number of carbonyl (C=O) groups excluding carboxylic acids is 1. The van der Waals surface area contributed by atoms with Gasteiger partial charge in [0.1, 0.15) is 5.92 Å². The second-order valence-corrected chi connectivity index (χ2v) is 5.29. The fourth-order valence-electron chi connectivity index (χ4n) is 1.39. The lowest BCUT2D eigenvalue weighted by molar-refractivity contribution is -0.118. The molecule has 1 atom stereocenters. The van der Waals surface area contributed by atoms with Crippen LogP contribution in [0.5, 0.6) is 0 Å². The van der Waals surface area contributed by atoms with Gasteiger partial charge >= 0.3 is 0 Å². The Balaban J connectivity index is 2.89. The normalized spacial score (nSPS) is 11.7. The molecule has 0 aromatic heterocycles. The summed E-state index contributed by atoms with van der Waals surface area (Å²) in [6.45, 7) is 1.92. The van der Waals surface area contributed by atoms with Gasteiger partial charge in [-0.2, -0.15) is 5.26 Å². The average molecular weight is 350 g/mol. The Bertz CT molecular complexity index is 500. The molecule has 1 aromatic rings. The summed E-state index contributed by atoms with van der Waals surface area (Å²) in [6, 6.07) is 5.29. The van der Waals surface area contributed by atoms with E-state index in [9.17, 15) is 4.79 Å². The van der Waals surface area contributed by atoms with Crippen molar-refractivity contribution in [2.45, 2.75) is 19.8 Å². The molecule has 3 nitrogen and oxygen atoms in total. The summed E-state index contributed by atoms with van der Waals surface area (Å²) in [5.41, 5.74) is 0.409. The van der Waals surface area contributed by atoms with Crippen molar-refractivity contribution in [1.82, 2.24) is 0 Å². The van der Waals surface area contributed by atoms with Gasteiger partial charge in [-0.25, -0.2) is 0 Å². The van der Waals surface area contributed by atoms with Gasteiger partial charge in [-0.1, -0.05) is 36.5 Å². The van der Waals surface area contributed by atoms with Crippen molar-refractivity contribution in [3.05, 3.63) is 26.7 Å². The molecule has 1 unspecified atom stereocenters. The van der Waals surface area contributed by atoms with E-state index in [1.807, 2.05) is 13.0 Å². The molecule has 0 radical (unpaired) electrons. The van der Waals surface area contributed by atoms with E-state index in [-0.39, 0.29) is 10.9 Å². The number of anilines is 1. The molecule has 1 rings (SSSR count). The molecular formula is C12H11BrCl2N2O. The van der Waals surface area contributed by atoms with Crippen LogP contribution >= 0.6 is 39.1 Å². The van der Waals surface area contributed by atoms with Crippen molar-refractivity contribution in [1.29, 1.82) is 5.26 Å². The number of hydrogen-bond donors (Lipinski definition) is 1. The number of amides is 1. The summed E-state index contributed by atoms with van der Waals surface area (Å²) < 4.78 is 0.651. The van der Waals surface area contributed by atoms with Gasteiger partial charge in [-0.3, -0.25) is 4.79 Å². The second-order valence-electron chi connectivity index (χ2n) is 3.68. The van der Waals surface area contributed by atoms with Gasteiger partial charge < -0.3 is 5.32 Å². The predicted octanol–water partition coefficient (Wildman–Crippen LogP) is 4.63. The van der Waals surface area contributed by atoms with Gasteiger partial charge in [-0.15, -0.1) is 0 Å². The van der Waals surface area contributed by atoms with Crippen molar-refractivity contribution in [2.24, 2.45) is 5.92 Å². The standard InChI is InChI=1S/C12H11BrCl2N2O/c1-2-3-7(6-16)12(18)17-9-5-4-8(13)10(14)11(9)15/h4-5,7H,2-3H2,1H3,(H,17,18). The van der Waals surface area contributed by atoms with Crippen LogP contribution < -0.4 is 5.32 Å². The van der Waals surface area contributed by atoms with E-state index in [4.69, 9.17) is 28.5 Å². The van der Waals surface area contributed by atoms with Gasteiger partial charge in [0.05, 0.1) is 21.8 Å². The zero-order chi connectivity index (χ0) is 13.7. The molecule has 6 heteroatoms. The summed E-state index contributed by atoms with van der Waals surface area (Å²) in [7, 11) is 0. The maximum absolute atomic E-state index is 11.8. The van der Waals surface area contributed by atoms with Crippen molar-refractivity contribution < 1.29 is 4.79 Å². The largest absolute Gasteiger partial charge is 0.324 e. The van der Waals surface area contributed by atoms with Crippen molar-refractivity contribution in [3.63, 3.8) is 0 Å². The van der Waals surface area contributed by atoms with Gasteiger partial charge in [0.25, 0.3) is 0 Å². The molecule has 18 heavy (non-hydrogen) atoms. The Morgan fingerprint density at radius 1 is 1.50 bits per heavy atom. The van der Waals surface area contributed by atoms with E-state index >= 15 is 0 Å². The molecule has 0 bridgehead atoms. The molecule has 0 aliphatic heterocycles. The zero-order valence-electron chi connectivity index (χ0n) is 9.64. The van der Waals surface area contributed by atoms with Gasteiger partial charge in [0.15, 0.2) is 0 Å². The Kier molecular flexibility index (Phi) is 5.94. The van der Waals surface area contributed by atoms with E-state index in [0.29, 0.717) is 21.6 Å². The summed E-state index contributed by atoms with van der Waals surface area (Å²) in [5.74, 6) is -1.03. The highest BCUT2D eigenvalue weighted by Gasteiger charge is 2.18. The fourth-order valence-corrected chi connectivity index (χ4v) is 2.21. The Hall–Kier alpha value is -0.760. The van der Waals surface area contributed by atoms with Crippen LogP contribution in [0.2, 0.25) is 10.0 Å². The minimum Gasteiger partial charge on any atom is -0.324 e.